The largest absolute Gasteiger partial charge is 0.477 e. The van der Waals surface area contributed by atoms with Crippen molar-refractivity contribution < 1.29 is 43.0 Å². The van der Waals surface area contributed by atoms with Crippen molar-refractivity contribution in [2.45, 2.75) is 12.6 Å². The highest BCUT2D eigenvalue weighted by atomic mass is 32.2. The molecule has 2 aromatic rings. The van der Waals surface area contributed by atoms with E-state index in [0.29, 0.717) is 48.4 Å². The molecule has 2 aromatic carbocycles. The van der Waals surface area contributed by atoms with E-state index in [1.807, 2.05) is 29.2 Å². The number of quaternary nitrogens is 1. The van der Waals surface area contributed by atoms with Crippen molar-refractivity contribution in [3.63, 3.8) is 0 Å². The van der Waals surface area contributed by atoms with Crippen molar-refractivity contribution in [2.75, 3.05) is 67.1 Å². The van der Waals surface area contributed by atoms with Gasteiger partial charge in [-0.05, 0) is 42.5 Å². The van der Waals surface area contributed by atoms with E-state index < -0.39 is 30.1 Å². The second-order valence-electron chi connectivity index (χ2n) is 10.3. The molecule has 5 rings (SSSR count). The van der Waals surface area contributed by atoms with E-state index in [-0.39, 0.29) is 35.8 Å². The second kappa shape index (κ2) is 12.1. The minimum absolute atomic E-state index is 0.0515. The molecule has 0 aliphatic carbocycles. The molecule has 3 aliphatic heterocycles. The lowest BCUT2D eigenvalue weighted by Gasteiger charge is -2.37. The molecule has 2 amide bonds. The Bertz CT molecular complexity index is 1420. The number of carboxylic acid groups (broad SMARTS) is 2. The highest BCUT2D eigenvalue weighted by molar-refractivity contribution is 8.32. The molecule has 222 valence electrons. The molecular weight excluding hydrogens is 589 g/mol. The van der Waals surface area contributed by atoms with E-state index in [1.54, 1.807) is 12.1 Å². The van der Waals surface area contributed by atoms with Gasteiger partial charge >= 0.3 is 18.2 Å². The van der Waals surface area contributed by atoms with E-state index in [2.05, 4.69) is 10.2 Å². The zero-order valence-corrected chi connectivity index (χ0v) is 24.0. The van der Waals surface area contributed by atoms with Crippen LogP contribution in [0.2, 0.25) is 0 Å². The molecule has 12 nitrogen and oxygen atoms in total. The number of cyclic esters (lactones) is 1. The molecular formula is C27H29FN5O7S2+. The lowest BCUT2D eigenvalue weighted by Crippen LogP contribution is -2.51. The minimum Gasteiger partial charge on any atom is -0.477 e. The van der Waals surface area contributed by atoms with Gasteiger partial charge in [0.2, 0.25) is 4.32 Å². The number of anilines is 3. The minimum atomic E-state index is -1.22. The number of aliphatic carboxylic acids is 1. The normalized spacial score (nSPS) is 22.5. The lowest BCUT2D eigenvalue weighted by atomic mass is 10.1. The summed E-state index contributed by atoms with van der Waals surface area (Å²) < 4.78 is 20.6. The first-order valence-corrected chi connectivity index (χ1v) is 14.4. The molecule has 3 N–H and O–H groups in total. The predicted octanol–water partition coefficient (Wildman–Crippen LogP) is 2.70. The van der Waals surface area contributed by atoms with Crippen LogP contribution in [0.1, 0.15) is 5.56 Å². The van der Waals surface area contributed by atoms with Crippen LogP contribution in [0.4, 0.5) is 31.0 Å². The highest BCUT2D eigenvalue weighted by Crippen LogP contribution is 2.32. The smallest absolute Gasteiger partial charge is 0.414 e. The van der Waals surface area contributed by atoms with Gasteiger partial charge in [-0.25, -0.2) is 18.8 Å². The van der Waals surface area contributed by atoms with E-state index >= 15 is 4.39 Å². The zero-order chi connectivity index (χ0) is 30.0. The number of carboxylic acids is 1. The van der Waals surface area contributed by atoms with Crippen molar-refractivity contribution in [1.82, 2.24) is 5.32 Å². The quantitative estimate of drug-likeness (QED) is 0.282. The zero-order valence-electron chi connectivity index (χ0n) is 22.4. The monoisotopic (exact) mass is 618 g/mol. The number of piperazine rings is 1. The SMILES string of the molecule is O=C(O)C[N+]1(Cc2ccc(N3CCN(c4ccc(N5CC(CNC(=O)O)OC5=O)cc4F)CC3)cc2)CC(=O)SC1=S. The van der Waals surface area contributed by atoms with E-state index in [9.17, 15) is 24.3 Å². The number of hydrogen-bond acceptors (Lipinski definition) is 9. The van der Waals surface area contributed by atoms with Gasteiger partial charge in [0.15, 0.2) is 13.1 Å². The number of thiocarbonyl (C=S) groups is 1. The summed E-state index contributed by atoms with van der Waals surface area (Å²) >= 11 is 6.31. The van der Waals surface area contributed by atoms with Crippen LogP contribution in [0.3, 0.4) is 0 Å². The molecule has 0 aromatic heterocycles. The molecule has 0 spiro atoms. The summed E-state index contributed by atoms with van der Waals surface area (Å²) in [5.74, 6) is -1.48. The number of ether oxygens (including phenoxy) is 1. The third kappa shape index (κ3) is 6.42. The van der Waals surface area contributed by atoms with Gasteiger partial charge in [-0.2, -0.15) is 0 Å². The molecule has 3 fully saturated rings. The van der Waals surface area contributed by atoms with Gasteiger partial charge in [-0.15, -0.1) is 0 Å². The van der Waals surface area contributed by atoms with Gasteiger partial charge in [0, 0.05) is 49.2 Å². The van der Waals surface area contributed by atoms with Gasteiger partial charge < -0.3 is 30.1 Å². The molecule has 2 unspecified atom stereocenters. The summed E-state index contributed by atoms with van der Waals surface area (Å²) in [7, 11) is 0. The number of rotatable bonds is 9. The summed E-state index contributed by atoms with van der Waals surface area (Å²) in [5, 5.41) is 20.2. The van der Waals surface area contributed by atoms with Crippen LogP contribution in [0.25, 0.3) is 0 Å². The average molecular weight is 619 g/mol. The number of benzene rings is 2. The summed E-state index contributed by atoms with van der Waals surface area (Å²) in [4.78, 5) is 51.8. The van der Waals surface area contributed by atoms with Crippen LogP contribution in [0.5, 0.6) is 0 Å². The summed E-state index contributed by atoms with van der Waals surface area (Å²) in [5.41, 5.74) is 2.62. The van der Waals surface area contributed by atoms with Crippen LogP contribution in [0, 0.1) is 5.82 Å². The Kier molecular flexibility index (Phi) is 8.52. The first-order valence-electron chi connectivity index (χ1n) is 13.2. The Morgan fingerprint density at radius 2 is 1.71 bits per heavy atom. The van der Waals surface area contributed by atoms with Gasteiger partial charge in [0.1, 0.15) is 18.5 Å². The lowest BCUT2D eigenvalue weighted by molar-refractivity contribution is -0.831. The Balaban J connectivity index is 1.18. The van der Waals surface area contributed by atoms with Gasteiger partial charge in [-0.3, -0.25) is 14.2 Å². The summed E-state index contributed by atoms with van der Waals surface area (Å²) in [6.45, 7) is 2.62. The number of hydrogen-bond donors (Lipinski definition) is 3. The number of carbonyl (C=O) groups is 4. The fourth-order valence-electron chi connectivity index (χ4n) is 5.42. The number of nitrogens with zero attached hydrogens (tertiary/aromatic N) is 4. The maximum absolute atomic E-state index is 15.2. The van der Waals surface area contributed by atoms with Gasteiger partial charge in [0.05, 0.1) is 24.5 Å². The van der Waals surface area contributed by atoms with Gasteiger partial charge in [0.25, 0.3) is 5.12 Å². The summed E-state index contributed by atoms with van der Waals surface area (Å²) in [6, 6.07) is 12.3. The fourth-order valence-corrected chi connectivity index (χ4v) is 6.79. The van der Waals surface area contributed by atoms with Crippen LogP contribution >= 0.6 is 24.0 Å². The average Bonchev–Trinajstić information content (AvgIpc) is 3.44. The van der Waals surface area contributed by atoms with E-state index in [0.717, 1.165) is 23.0 Å². The number of carbonyl (C=O) groups excluding carboxylic acids is 2. The predicted molar refractivity (Wildman–Crippen MR) is 157 cm³/mol. The second-order valence-corrected chi connectivity index (χ2v) is 12.0. The molecule has 2 atom stereocenters. The molecule has 3 saturated heterocycles. The number of amides is 2. The third-order valence-electron chi connectivity index (χ3n) is 7.46. The first-order chi connectivity index (χ1) is 20.0. The Morgan fingerprint density at radius 3 is 2.31 bits per heavy atom. The van der Waals surface area contributed by atoms with Crippen molar-refractivity contribution in [3.05, 3.63) is 53.8 Å². The highest BCUT2D eigenvalue weighted by Gasteiger charge is 2.46. The third-order valence-corrected chi connectivity index (χ3v) is 9.02. The summed E-state index contributed by atoms with van der Waals surface area (Å²) in [6.07, 6.45) is -2.54. The van der Waals surface area contributed by atoms with Crippen molar-refractivity contribution in [3.8, 4) is 0 Å². The molecule has 0 radical (unpaired) electrons. The van der Waals surface area contributed by atoms with E-state index in [1.165, 1.54) is 11.0 Å². The topological polar surface area (TPSA) is 140 Å². The van der Waals surface area contributed by atoms with Crippen LogP contribution in [-0.2, 0) is 20.9 Å². The molecule has 15 heteroatoms. The molecule has 42 heavy (non-hydrogen) atoms. The Labute approximate surface area is 250 Å². The van der Waals surface area contributed by atoms with Crippen LogP contribution in [0.15, 0.2) is 42.5 Å². The Morgan fingerprint density at radius 1 is 1.05 bits per heavy atom. The van der Waals surface area contributed by atoms with Crippen LogP contribution < -0.4 is 20.0 Å². The van der Waals surface area contributed by atoms with Crippen LogP contribution in [-0.4, -0.2) is 101 Å². The van der Waals surface area contributed by atoms with Crippen molar-refractivity contribution >= 4 is 68.6 Å². The standard InChI is InChI=1S/C27H28FN5O7S2/c28-21-11-19(32-13-20(40-26(32)39)12-29-25(37)38)5-6-22(21)31-9-7-30(8-10-31)18-3-1-17(2-4-18)14-33(15-23(34)35)16-24(36)42-27(33)41/h1-6,11,20,29H,7-10,12-16H2,(H-,34,35,37,38)/p+1. The Hall–Kier alpha value is -3.95. The molecule has 3 aliphatic rings. The van der Waals surface area contributed by atoms with E-state index in [4.69, 9.17) is 22.1 Å². The number of nitrogens with one attached hydrogen (secondary N) is 1. The van der Waals surface area contributed by atoms with Crippen molar-refractivity contribution in [1.29, 1.82) is 0 Å². The maximum atomic E-state index is 15.2. The molecule has 0 bridgehead atoms. The fraction of sp³-hybridized carbons (Fsp3) is 0.370. The van der Waals surface area contributed by atoms with Crippen molar-refractivity contribution in [2.24, 2.45) is 0 Å². The molecule has 0 saturated carbocycles. The first kappa shape index (κ1) is 29.5. The molecule has 3 heterocycles. The van der Waals surface area contributed by atoms with Gasteiger partial charge in [-0.1, -0.05) is 12.1 Å². The number of thioether (sulfide) groups is 1. The maximum Gasteiger partial charge on any atom is 0.414 e. The number of halogens is 1.